The van der Waals surface area contributed by atoms with Gasteiger partial charge in [0, 0.05) is 6.54 Å². The Hall–Kier alpha value is -0.620. The van der Waals surface area contributed by atoms with Gasteiger partial charge < -0.3 is 10.8 Å². The second-order valence-electron chi connectivity index (χ2n) is 2.87. The summed E-state index contributed by atoms with van der Waals surface area (Å²) in [6.07, 6.45) is 0.395. The molecule has 78 valence electrons. The Morgan fingerprint density at radius 2 is 2.00 bits per heavy atom. The molecular formula is C7H15NO4S. The summed E-state index contributed by atoms with van der Waals surface area (Å²) >= 11 is 0. The van der Waals surface area contributed by atoms with E-state index < -0.39 is 26.3 Å². The molecule has 0 rings (SSSR count). The minimum atomic E-state index is -3.63. The van der Waals surface area contributed by atoms with Gasteiger partial charge in [0.1, 0.15) is 0 Å². The highest BCUT2D eigenvalue weighted by Crippen LogP contribution is 2.11. The number of carboxylic acids is 1. The molecule has 0 aromatic heterocycles. The van der Waals surface area contributed by atoms with Crippen LogP contribution in [0.5, 0.6) is 0 Å². The van der Waals surface area contributed by atoms with Crippen LogP contribution in [0.1, 0.15) is 20.3 Å². The third-order valence-corrected chi connectivity index (χ3v) is 4.66. The normalized spacial score (nSPS) is 16.5. The molecular weight excluding hydrogens is 194 g/mol. The summed E-state index contributed by atoms with van der Waals surface area (Å²) in [7, 11) is -3.63. The van der Waals surface area contributed by atoms with Crippen molar-refractivity contribution in [1.82, 2.24) is 0 Å². The Morgan fingerprint density at radius 3 is 2.23 bits per heavy atom. The lowest BCUT2D eigenvalue weighted by atomic mass is 10.4. The van der Waals surface area contributed by atoms with Crippen molar-refractivity contribution in [3.05, 3.63) is 0 Å². The van der Waals surface area contributed by atoms with E-state index in [2.05, 4.69) is 0 Å². The molecule has 0 spiro atoms. The minimum Gasteiger partial charge on any atom is -0.480 e. The fourth-order valence-electron chi connectivity index (χ4n) is 0.888. The Balaban J connectivity index is 4.90. The number of rotatable bonds is 5. The van der Waals surface area contributed by atoms with Gasteiger partial charge in [0.15, 0.2) is 15.1 Å². The average Bonchev–Trinajstić information content (AvgIpc) is 2.02. The van der Waals surface area contributed by atoms with Gasteiger partial charge in [0.2, 0.25) is 0 Å². The standard InChI is InChI=1S/C7H15NO4S/c1-3-5(2)13(11,12)6(4-8)7(9)10/h5-6H,3-4,8H2,1-2H3,(H,9,10). The molecule has 0 saturated carbocycles. The van der Waals surface area contributed by atoms with Gasteiger partial charge in [-0.25, -0.2) is 8.42 Å². The topological polar surface area (TPSA) is 97.5 Å². The van der Waals surface area contributed by atoms with Gasteiger partial charge in [-0.2, -0.15) is 0 Å². The molecule has 0 aromatic rings. The highest BCUT2D eigenvalue weighted by Gasteiger charge is 2.34. The second-order valence-corrected chi connectivity index (χ2v) is 5.42. The molecule has 6 heteroatoms. The van der Waals surface area contributed by atoms with Crippen LogP contribution in [0.4, 0.5) is 0 Å². The largest absolute Gasteiger partial charge is 0.480 e. The maximum Gasteiger partial charge on any atom is 0.323 e. The molecule has 3 N–H and O–H groups in total. The number of aliphatic carboxylic acids is 1. The number of sulfone groups is 1. The Labute approximate surface area is 77.8 Å². The van der Waals surface area contributed by atoms with Crippen LogP contribution in [-0.2, 0) is 14.6 Å². The molecule has 0 aliphatic heterocycles. The van der Waals surface area contributed by atoms with E-state index in [1.165, 1.54) is 6.92 Å². The molecule has 5 nitrogen and oxygen atoms in total. The Kier molecular flexibility index (Phi) is 4.35. The summed E-state index contributed by atoms with van der Waals surface area (Å²) in [6.45, 7) is 2.81. The third kappa shape index (κ3) is 2.67. The summed E-state index contributed by atoms with van der Waals surface area (Å²) < 4.78 is 22.9. The molecule has 0 aliphatic rings. The van der Waals surface area contributed by atoms with E-state index in [1.54, 1.807) is 6.92 Å². The van der Waals surface area contributed by atoms with Crippen molar-refractivity contribution >= 4 is 15.8 Å². The van der Waals surface area contributed by atoms with Crippen LogP contribution in [0.2, 0.25) is 0 Å². The quantitative estimate of drug-likeness (QED) is 0.642. The number of hydrogen-bond donors (Lipinski definition) is 2. The van der Waals surface area contributed by atoms with Crippen LogP contribution < -0.4 is 5.73 Å². The predicted molar refractivity (Wildman–Crippen MR) is 49.2 cm³/mol. The zero-order valence-electron chi connectivity index (χ0n) is 7.73. The van der Waals surface area contributed by atoms with E-state index in [-0.39, 0.29) is 6.54 Å². The molecule has 0 aromatic carbocycles. The highest BCUT2D eigenvalue weighted by atomic mass is 32.2. The van der Waals surface area contributed by atoms with E-state index in [4.69, 9.17) is 10.8 Å². The van der Waals surface area contributed by atoms with Gasteiger partial charge in [-0.3, -0.25) is 4.79 Å². The van der Waals surface area contributed by atoms with E-state index in [1.807, 2.05) is 0 Å². The van der Waals surface area contributed by atoms with Crippen molar-refractivity contribution in [2.75, 3.05) is 6.54 Å². The molecule has 2 atom stereocenters. The Bertz CT molecular complexity index is 272. The highest BCUT2D eigenvalue weighted by molar-refractivity contribution is 7.93. The summed E-state index contributed by atoms with van der Waals surface area (Å²) in [5.41, 5.74) is 5.09. The maximum atomic E-state index is 11.5. The summed E-state index contributed by atoms with van der Waals surface area (Å²) in [5.74, 6) is -1.37. The van der Waals surface area contributed by atoms with E-state index in [0.29, 0.717) is 6.42 Å². The van der Waals surface area contributed by atoms with E-state index in [0.717, 1.165) is 0 Å². The first-order valence-corrected chi connectivity index (χ1v) is 5.64. The van der Waals surface area contributed by atoms with Gasteiger partial charge in [0.25, 0.3) is 0 Å². The molecule has 0 radical (unpaired) electrons. The van der Waals surface area contributed by atoms with Crippen LogP contribution in [0.15, 0.2) is 0 Å². The zero-order chi connectivity index (χ0) is 10.6. The zero-order valence-corrected chi connectivity index (χ0v) is 8.54. The number of hydrogen-bond acceptors (Lipinski definition) is 4. The number of carboxylic acid groups (broad SMARTS) is 1. The molecule has 0 amide bonds. The predicted octanol–water partition coefficient (Wildman–Crippen LogP) is -0.388. The lowest BCUT2D eigenvalue weighted by Crippen LogP contribution is -2.41. The summed E-state index contributed by atoms with van der Waals surface area (Å²) in [6, 6.07) is 0. The van der Waals surface area contributed by atoms with Crippen molar-refractivity contribution in [2.45, 2.75) is 30.8 Å². The number of carbonyl (C=O) groups is 1. The molecule has 13 heavy (non-hydrogen) atoms. The van der Waals surface area contributed by atoms with Gasteiger partial charge in [-0.05, 0) is 13.3 Å². The molecule has 0 aliphatic carbocycles. The Morgan fingerprint density at radius 1 is 1.54 bits per heavy atom. The van der Waals surface area contributed by atoms with Gasteiger partial charge in [-0.15, -0.1) is 0 Å². The molecule has 2 unspecified atom stereocenters. The summed E-state index contributed by atoms with van der Waals surface area (Å²) in [5, 5.41) is 6.47. The first-order chi connectivity index (χ1) is 5.87. The lowest BCUT2D eigenvalue weighted by molar-refractivity contribution is -0.136. The smallest absolute Gasteiger partial charge is 0.323 e. The first-order valence-electron chi connectivity index (χ1n) is 4.03. The molecule has 0 fully saturated rings. The maximum absolute atomic E-state index is 11.5. The van der Waals surface area contributed by atoms with Crippen LogP contribution in [-0.4, -0.2) is 36.5 Å². The first kappa shape index (κ1) is 12.4. The van der Waals surface area contributed by atoms with Crippen molar-refractivity contribution in [1.29, 1.82) is 0 Å². The van der Waals surface area contributed by atoms with Crippen LogP contribution in [0, 0.1) is 0 Å². The van der Waals surface area contributed by atoms with E-state index >= 15 is 0 Å². The van der Waals surface area contributed by atoms with Gasteiger partial charge in [0.05, 0.1) is 5.25 Å². The van der Waals surface area contributed by atoms with Gasteiger partial charge in [-0.1, -0.05) is 6.92 Å². The van der Waals surface area contributed by atoms with E-state index in [9.17, 15) is 13.2 Å². The molecule has 0 heterocycles. The second kappa shape index (κ2) is 4.57. The van der Waals surface area contributed by atoms with Crippen molar-refractivity contribution in [3.8, 4) is 0 Å². The average molecular weight is 209 g/mol. The molecule has 0 saturated heterocycles. The fraction of sp³-hybridized carbons (Fsp3) is 0.857. The van der Waals surface area contributed by atoms with Crippen LogP contribution in [0.25, 0.3) is 0 Å². The summed E-state index contributed by atoms with van der Waals surface area (Å²) in [4.78, 5) is 10.5. The number of nitrogens with two attached hydrogens (primary N) is 1. The van der Waals surface area contributed by atoms with Crippen molar-refractivity contribution in [2.24, 2.45) is 5.73 Å². The van der Waals surface area contributed by atoms with Crippen molar-refractivity contribution < 1.29 is 18.3 Å². The third-order valence-electron chi connectivity index (χ3n) is 2.02. The minimum absolute atomic E-state index is 0.373. The monoisotopic (exact) mass is 209 g/mol. The van der Waals surface area contributed by atoms with Gasteiger partial charge >= 0.3 is 5.97 Å². The molecule has 0 bridgehead atoms. The van der Waals surface area contributed by atoms with Crippen molar-refractivity contribution in [3.63, 3.8) is 0 Å². The lowest BCUT2D eigenvalue weighted by Gasteiger charge is -2.15. The SMILES string of the molecule is CCC(C)S(=O)(=O)C(CN)C(=O)O. The van der Waals surface area contributed by atoms with Crippen LogP contribution >= 0.6 is 0 Å². The van der Waals surface area contributed by atoms with Crippen LogP contribution in [0.3, 0.4) is 0 Å². The fourth-order valence-corrected chi connectivity index (χ4v) is 2.46.